The van der Waals surface area contributed by atoms with Gasteiger partial charge in [-0.15, -0.1) is 0 Å². The Balaban J connectivity index is 1.92. The Hall–Kier alpha value is -1.20. The molecule has 0 spiro atoms. The topological polar surface area (TPSA) is 29.9 Å². The van der Waals surface area contributed by atoms with E-state index >= 15 is 0 Å². The van der Waals surface area contributed by atoms with E-state index in [4.69, 9.17) is 0 Å². The van der Waals surface area contributed by atoms with Gasteiger partial charge in [-0.3, -0.25) is 4.68 Å². The van der Waals surface area contributed by atoms with E-state index in [1.807, 2.05) is 30.8 Å². The van der Waals surface area contributed by atoms with Crippen LogP contribution in [0.5, 0.6) is 0 Å². The number of rotatable bonds is 5. The fourth-order valence-electron chi connectivity index (χ4n) is 2.02. The molecule has 1 aromatic carbocycles. The number of hydrogen-bond acceptors (Lipinski definition) is 2. The molecule has 0 amide bonds. The molecule has 1 atom stereocenters. The highest BCUT2D eigenvalue weighted by molar-refractivity contribution is 9.10. The first-order chi connectivity index (χ1) is 9.08. The van der Waals surface area contributed by atoms with Crippen LogP contribution in [0.1, 0.15) is 24.2 Å². The second kappa shape index (κ2) is 6.30. The number of hydrogen-bond donors (Lipinski definition) is 1. The summed E-state index contributed by atoms with van der Waals surface area (Å²) in [5.74, 6) is -0.177. The molecule has 0 aliphatic rings. The molecule has 1 N–H and O–H groups in total. The highest BCUT2D eigenvalue weighted by Crippen LogP contribution is 2.21. The lowest BCUT2D eigenvalue weighted by Gasteiger charge is -2.15. The van der Waals surface area contributed by atoms with E-state index in [2.05, 4.69) is 26.3 Å². The van der Waals surface area contributed by atoms with Crippen molar-refractivity contribution >= 4 is 15.9 Å². The summed E-state index contributed by atoms with van der Waals surface area (Å²) >= 11 is 3.37. The van der Waals surface area contributed by atoms with Gasteiger partial charge >= 0.3 is 0 Å². The van der Waals surface area contributed by atoms with Gasteiger partial charge in [0.2, 0.25) is 0 Å². The van der Waals surface area contributed by atoms with E-state index in [-0.39, 0.29) is 11.9 Å². The molecule has 0 saturated carbocycles. The fourth-order valence-corrected chi connectivity index (χ4v) is 2.40. The number of nitrogens with one attached hydrogen (secondary N) is 1. The minimum atomic E-state index is -0.177. The molecular weight excluding hydrogens is 309 g/mol. The molecule has 0 aliphatic carbocycles. The summed E-state index contributed by atoms with van der Waals surface area (Å²) < 4.78 is 16.5. The molecule has 1 unspecified atom stereocenters. The number of benzene rings is 1. The van der Waals surface area contributed by atoms with Crippen LogP contribution in [0.3, 0.4) is 0 Å². The van der Waals surface area contributed by atoms with Crippen LogP contribution in [0, 0.1) is 5.82 Å². The maximum atomic E-state index is 13.7. The van der Waals surface area contributed by atoms with E-state index in [1.54, 1.807) is 12.3 Å². The zero-order valence-corrected chi connectivity index (χ0v) is 12.6. The Bertz CT molecular complexity index is 553. The van der Waals surface area contributed by atoms with Gasteiger partial charge in [0.05, 0.1) is 0 Å². The predicted octanol–water partition coefficient (Wildman–Crippen LogP) is 3.22. The van der Waals surface area contributed by atoms with Gasteiger partial charge in [-0.1, -0.05) is 15.9 Å². The maximum absolute atomic E-state index is 13.7. The Morgan fingerprint density at radius 1 is 1.42 bits per heavy atom. The Kier molecular flexibility index (Phi) is 4.71. The van der Waals surface area contributed by atoms with Crippen molar-refractivity contribution in [2.75, 3.05) is 6.54 Å². The molecule has 102 valence electrons. The summed E-state index contributed by atoms with van der Waals surface area (Å²) in [6.45, 7) is 2.75. The SMILES string of the molecule is CC(NCCc1ccnn1C)c1cc(Br)ccc1F. The summed E-state index contributed by atoms with van der Waals surface area (Å²) in [4.78, 5) is 0. The van der Waals surface area contributed by atoms with E-state index in [1.165, 1.54) is 6.07 Å². The van der Waals surface area contributed by atoms with Crippen molar-refractivity contribution in [3.63, 3.8) is 0 Å². The van der Waals surface area contributed by atoms with Crippen LogP contribution in [0.25, 0.3) is 0 Å². The molecule has 2 aromatic rings. The lowest BCUT2D eigenvalue weighted by molar-refractivity contribution is 0.525. The third-order valence-corrected chi connectivity index (χ3v) is 3.67. The third-order valence-electron chi connectivity index (χ3n) is 3.18. The molecule has 19 heavy (non-hydrogen) atoms. The first-order valence-electron chi connectivity index (χ1n) is 6.23. The second-order valence-electron chi connectivity index (χ2n) is 4.54. The number of aryl methyl sites for hydroxylation is 1. The van der Waals surface area contributed by atoms with Crippen LogP contribution in [0.2, 0.25) is 0 Å². The lowest BCUT2D eigenvalue weighted by Crippen LogP contribution is -2.23. The smallest absolute Gasteiger partial charge is 0.128 e. The van der Waals surface area contributed by atoms with Crippen LogP contribution < -0.4 is 5.32 Å². The summed E-state index contributed by atoms with van der Waals surface area (Å²) in [5, 5.41) is 7.45. The summed E-state index contributed by atoms with van der Waals surface area (Å²) in [6, 6.07) is 6.98. The molecule has 5 heteroatoms. The monoisotopic (exact) mass is 325 g/mol. The average molecular weight is 326 g/mol. The molecule has 0 bridgehead atoms. The van der Waals surface area contributed by atoms with Crippen molar-refractivity contribution < 1.29 is 4.39 Å². The zero-order chi connectivity index (χ0) is 13.8. The van der Waals surface area contributed by atoms with E-state index < -0.39 is 0 Å². The van der Waals surface area contributed by atoms with Gasteiger partial charge in [0.1, 0.15) is 5.82 Å². The molecular formula is C14H17BrFN3. The third kappa shape index (κ3) is 3.64. The van der Waals surface area contributed by atoms with Crippen LogP contribution in [-0.2, 0) is 13.5 Å². The van der Waals surface area contributed by atoms with Gasteiger partial charge in [-0.25, -0.2) is 4.39 Å². The first kappa shape index (κ1) is 14.2. The minimum absolute atomic E-state index is 0.0225. The van der Waals surface area contributed by atoms with Gasteiger partial charge in [0, 0.05) is 48.0 Å². The lowest BCUT2D eigenvalue weighted by atomic mass is 10.1. The normalized spacial score (nSPS) is 12.6. The predicted molar refractivity (Wildman–Crippen MR) is 77.4 cm³/mol. The van der Waals surface area contributed by atoms with Crippen LogP contribution in [-0.4, -0.2) is 16.3 Å². The second-order valence-corrected chi connectivity index (χ2v) is 5.45. The quantitative estimate of drug-likeness (QED) is 0.914. The van der Waals surface area contributed by atoms with Gasteiger partial charge < -0.3 is 5.32 Å². The number of nitrogens with zero attached hydrogens (tertiary/aromatic N) is 2. The van der Waals surface area contributed by atoms with Gasteiger partial charge in [0.15, 0.2) is 0 Å². The van der Waals surface area contributed by atoms with Crippen molar-refractivity contribution in [1.82, 2.24) is 15.1 Å². The maximum Gasteiger partial charge on any atom is 0.128 e. The van der Waals surface area contributed by atoms with E-state index in [9.17, 15) is 4.39 Å². The van der Waals surface area contributed by atoms with Crippen molar-refractivity contribution in [3.8, 4) is 0 Å². The van der Waals surface area contributed by atoms with Crippen LogP contribution in [0.4, 0.5) is 4.39 Å². The highest BCUT2D eigenvalue weighted by Gasteiger charge is 2.11. The summed E-state index contributed by atoms with van der Waals surface area (Å²) in [6.07, 6.45) is 2.66. The van der Waals surface area contributed by atoms with Crippen LogP contribution in [0.15, 0.2) is 34.9 Å². The number of aromatic nitrogens is 2. The van der Waals surface area contributed by atoms with E-state index in [0.29, 0.717) is 5.56 Å². The molecule has 0 fully saturated rings. The highest BCUT2D eigenvalue weighted by atomic mass is 79.9. The first-order valence-corrected chi connectivity index (χ1v) is 7.02. The van der Waals surface area contributed by atoms with Crippen molar-refractivity contribution in [3.05, 3.63) is 52.0 Å². The largest absolute Gasteiger partial charge is 0.310 e. The van der Waals surface area contributed by atoms with Crippen LogP contribution >= 0.6 is 15.9 Å². The zero-order valence-electron chi connectivity index (χ0n) is 11.0. The molecule has 0 saturated heterocycles. The summed E-state index contributed by atoms with van der Waals surface area (Å²) in [5.41, 5.74) is 1.84. The Morgan fingerprint density at radius 3 is 2.89 bits per heavy atom. The minimum Gasteiger partial charge on any atom is -0.310 e. The molecule has 3 nitrogen and oxygen atoms in total. The Labute approximate surface area is 121 Å². The van der Waals surface area contributed by atoms with Gasteiger partial charge in [-0.2, -0.15) is 5.10 Å². The standard InChI is InChI=1S/C14H17BrFN3/c1-10(13-9-11(15)3-4-14(13)16)17-7-5-12-6-8-18-19(12)2/h3-4,6,8-10,17H,5,7H2,1-2H3. The van der Waals surface area contributed by atoms with Crippen molar-refractivity contribution in [2.24, 2.45) is 7.05 Å². The molecule has 0 aliphatic heterocycles. The van der Waals surface area contributed by atoms with E-state index in [0.717, 1.165) is 23.1 Å². The van der Waals surface area contributed by atoms with Gasteiger partial charge in [0.25, 0.3) is 0 Å². The average Bonchev–Trinajstić information content (AvgIpc) is 2.78. The van der Waals surface area contributed by atoms with Crippen molar-refractivity contribution in [1.29, 1.82) is 0 Å². The number of halogens is 2. The molecule has 1 aromatic heterocycles. The summed E-state index contributed by atoms with van der Waals surface area (Å²) in [7, 11) is 1.92. The molecule has 1 heterocycles. The molecule has 0 radical (unpaired) electrons. The Morgan fingerprint density at radius 2 is 2.21 bits per heavy atom. The fraction of sp³-hybridized carbons (Fsp3) is 0.357. The van der Waals surface area contributed by atoms with Crippen molar-refractivity contribution in [2.45, 2.75) is 19.4 Å². The van der Waals surface area contributed by atoms with Gasteiger partial charge in [-0.05, 0) is 31.2 Å². The molecule has 2 rings (SSSR count).